The molecular formula is C22H20N2O. The van der Waals surface area contributed by atoms with E-state index in [0.717, 1.165) is 22.5 Å². The molecule has 2 aromatic carbocycles. The molecule has 124 valence electrons. The molecule has 3 heteroatoms. The predicted octanol–water partition coefficient (Wildman–Crippen LogP) is 4.78. The second-order valence-electron chi connectivity index (χ2n) is 6.46. The van der Waals surface area contributed by atoms with Crippen LogP contribution in [-0.4, -0.2) is 14.5 Å². The molecule has 0 amide bonds. The number of aryl methyl sites for hydroxylation is 2. The van der Waals surface area contributed by atoms with Crippen LogP contribution in [0.25, 0.3) is 28.0 Å². The van der Waals surface area contributed by atoms with E-state index in [2.05, 4.69) is 61.3 Å². The van der Waals surface area contributed by atoms with Crippen molar-refractivity contribution in [3.05, 3.63) is 83.7 Å². The molecule has 2 aromatic heterocycles. The van der Waals surface area contributed by atoms with Gasteiger partial charge in [0.05, 0.1) is 12.3 Å². The van der Waals surface area contributed by atoms with E-state index in [1.165, 1.54) is 22.3 Å². The summed E-state index contributed by atoms with van der Waals surface area (Å²) in [6.45, 7) is 4.31. The summed E-state index contributed by atoms with van der Waals surface area (Å²) in [6, 6.07) is 18.9. The third-order valence-electron chi connectivity index (χ3n) is 4.72. The summed E-state index contributed by atoms with van der Waals surface area (Å²) in [7, 11) is 0. The van der Waals surface area contributed by atoms with Gasteiger partial charge in [-0.1, -0.05) is 48.5 Å². The van der Waals surface area contributed by atoms with Crippen LogP contribution in [0.15, 0.2) is 67.0 Å². The maximum atomic E-state index is 9.26. The van der Waals surface area contributed by atoms with Crippen molar-refractivity contribution in [3.63, 3.8) is 0 Å². The molecule has 0 aliphatic heterocycles. The third-order valence-corrected chi connectivity index (χ3v) is 4.72. The monoisotopic (exact) mass is 328 g/mol. The Kier molecular flexibility index (Phi) is 3.86. The van der Waals surface area contributed by atoms with Crippen LogP contribution in [0.1, 0.15) is 16.7 Å². The van der Waals surface area contributed by atoms with Gasteiger partial charge in [-0.3, -0.25) is 0 Å². The van der Waals surface area contributed by atoms with Gasteiger partial charge in [-0.15, -0.1) is 0 Å². The van der Waals surface area contributed by atoms with Crippen molar-refractivity contribution in [2.24, 2.45) is 0 Å². The van der Waals surface area contributed by atoms with E-state index in [-0.39, 0.29) is 6.61 Å². The van der Waals surface area contributed by atoms with Gasteiger partial charge in [0.15, 0.2) is 0 Å². The van der Waals surface area contributed by atoms with Crippen LogP contribution in [0.2, 0.25) is 0 Å². The molecule has 2 heterocycles. The highest BCUT2D eigenvalue weighted by Crippen LogP contribution is 2.26. The predicted molar refractivity (Wildman–Crippen MR) is 101 cm³/mol. The number of hydrogen-bond acceptors (Lipinski definition) is 2. The highest BCUT2D eigenvalue weighted by molar-refractivity contribution is 5.70. The van der Waals surface area contributed by atoms with Crippen LogP contribution in [0.5, 0.6) is 0 Å². The Morgan fingerprint density at radius 2 is 1.52 bits per heavy atom. The molecule has 4 aromatic rings. The zero-order valence-corrected chi connectivity index (χ0v) is 14.4. The molecule has 0 saturated carbocycles. The summed E-state index contributed by atoms with van der Waals surface area (Å²) in [6.07, 6.45) is 3.91. The molecule has 0 saturated heterocycles. The van der Waals surface area contributed by atoms with Gasteiger partial charge in [-0.05, 0) is 47.7 Å². The average molecular weight is 328 g/mol. The van der Waals surface area contributed by atoms with Crippen molar-refractivity contribution in [2.45, 2.75) is 20.5 Å². The molecule has 1 N–H and O–H groups in total. The molecule has 0 aliphatic carbocycles. The van der Waals surface area contributed by atoms with Gasteiger partial charge in [0.2, 0.25) is 0 Å². The van der Waals surface area contributed by atoms with Crippen molar-refractivity contribution >= 4 is 5.65 Å². The first kappa shape index (κ1) is 15.6. The van der Waals surface area contributed by atoms with E-state index in [4.69, 9.17) is 0 Å². The van der Waals surface area contributed by atoms with Crippen molar-refractivity contribution in [1.82, 2.24) is 9.38 Å². The van der Waals surface area contributed by atoms with Crippen LogP contribution in [0, 0.1) is 13.8 Å². The maximum absolute atomic E-state index is 9.26. The minimum absolute atomic E-state index is 0.0358. The van der Waals surface area contributed by atoms with E-state index in [1.807, 2.05) is 28.9 Å². The van der Waals surface area contributed by atoms with E-state index < -0.39 is 0 Å². The number of benzene rings is 2. The van der Waals surface area contributed by atoms with Gasteiger partial charge in [-0.25, -0.2) is 4.98 Å². The summed E-state index contributed by atoms with van der Waals surface area (Å²) in [5, 5.41) is 9.26. The first-order valence-corrected chi connectivity index (χ1v) is 8.40. The Hall–Kier alpha value is -2.91. The van der Waals surface area contributed by atoms with Crippen LogP contribution >= 0.6 is 0 Å². The lowest BCUT2D eigenvalue weighted by Gasteiger charge is -2.06. The minimum Gasteiger partial charge on any atom is -0.392 e. The number of aromatic nitrogens is 2. The van der Waals surface area contributed by atoms with E-state index in [0.29, 0.717) is 0 Å². The van der Waals surface area contributed by atoms with Gasteiger partial charge < -0.3 is 9.51 Å². The van der Waals surface area contributed by atoms with Crippen molar-refractivity contribution in [3.8, 4) is 22.4 Å². The zero-order chi connectivity index (χ0) is 17.4. The van der Waals surface area contributed by atoms with E-state index in [1.54, 1.807) is 0 Å². The van der Waals surface area contributed by atoms with Crippen LogP contribution < -0.4 is 0 Å². The Bertz CT molecular complexity index is 1050. The number of aliphatic hydroxyl groups excluding tert-OH is 1. The van der Waals surface area contributed by atoms with E-state index >= 15 is 0 Å². The molecular weight excluding hydrogens is 308 g/mol. The molecule has 0 bridgehead atoms. The van der Waals surface area contributed by atoms with Gasteiger partial charge in [0.1, 0.15) is 5.65 Å². The zero-order valence-electron chi connectivity index (χ0n) is 14.4. The lowest BCUT2D eigenvalue weighted by molar-refractivity contribution is 0.281. The number of rotatable bonds is 3. The highest BCUT2D eigenvalue weighted by atomic mass is 16.3. The molecule has 0 atom stereocenters. The highest BCUT2D eigenvalue weighted by Gasteiger charge is 2.06. The first-order chi connectivity index (χ1) is 12.1. The third kappa shape index (κ3) is 2.94. The summed E-state index contributed by atoms with van der Waals surface area (Å²) < 4.78 is 1.96. The number of nitrogens with zero attached hydrogens (tertiary/aromatic N) is 2. The smallest absolute Gasteiger partial charge is 0.137 e. The summed E-state index contributed by atoms with van der Waals surface area (Å²) in [5.41, 5.74) is 8.83. The molecule has 25 heavy (non-hydrogen) atoms. The van der Waals surface area contributed by atoms with E-state index in [9.17, 15) is 5.11 Å². The second kappa shape index (κ2) is 6.19. The number of pyridine rings is 1. The van der Waals surface area contributed by atoms with Crippen LogP contribution in [0.3, 0.4) is 0 Å². The Morgan fingerprint density at radius 1 is 0.800 bits per heavy atom. The van der Waals surface area contributed by atoms with Crippen LogP contribution in [-0.2, 0) is 6.61 Å². The fourth-order valence-corrected chi connectivity index (χ4v) is 3.02. The van der Waals surface area contributed by atoms with Crippen LogP contribution in [0.4, 0.5) is 0 Å². The summed E-state index contributed by atoms with van der Waals surface area (Å²) >= 11 is 0. The summed E-state index contributed by atoms with van der Waals surface area (Å²) in [5.74, 6) is 0. The topological polar surface area (TPSA) is 37.5 Å². The first-order valence-electron chi connectivity index (χ1n) is 8.40. The maximum Gasteiger partial charge on any atom is 0.137 e. The Labute approximate surface area is 147 Å². The summed E-state index contributed by atoms with van der Waals surface area (Å²) in [4.78, 5) is 4.67. The standard InChI is InChI=1S/C22H20N2O/c1-15-3-5-20(11-16(15)2)18-6-8-19(9-7-18)21-13-24-12-17(14-25)4-10-22(24)23-21/h3-13,25H,14H2,1-2H3. The molecule has 3 nitrogen and oxygen atoms in total. The van der Waals surface area contributed by atoms with Crippen molar-refractivity contribution in [2.75, 3.05) is 0 Å². The Balaban J connectivity index is 1.68. The normalized spacial score (nSPS) is 11.2. The van der Waals surface area contributed by atoms with Crippen molar-refractivity contribution < 1.29 is 5.11 Å². The van der Waals surface area contributed by atoms with Gasteiger partial charge in [0.25, 0.3) is 0 Å². The largest absolute Gasteiger partial charge is 0.392 e. The number of hydrogen-bond donors (Lipinski definition) is 1. The minimum atomic E-state index is 0.0358. The van der Waals surface area contributed by atoms with Crippen molar-refractivity contribution in [1.29, 1.82) is 0 Å². The number of imidazole rings is 1. The second-order valence-corrected chi connectivity index (χ2v) is 6.46. The quantitative estimate of drug-likeness (QED) is 0.588. The lowest BCUT2D eigenvalue weighted by Crippen LogP contribution is -1.88. The molecule has 4 rings (SSSR count). The lowest BCUT2D eigenvalue weighted by atomic mass is 9.99. The SMILES string of the molecule is Cc1ccc(-c2ccc(-c3cn4cc(CO)ccc4n3)cc2)cc1C. The van der Waals surface area contributed by atoms with Gasteiger partial charge >= 0.3 is 0 Å². The molecule has 0 radical (unpaired) electrons. The Morgan fingerprint density at radius 3 is 2.24 bits per heavy atom. The fraction of sp³-hybridized carbons (Fsp3) is 0.136. The number of aliphatic hydroxyl groups is 1. The van der Waals surface area contributed by atoms with Gasteiger partial charge in [0, 0.05) is 18.0 Å². The van der Waals surface area contributed by atoms with Gasteiger partial charge in [-0.2, -0.15) is 0 Å². The fourth-order valence-electron chi connectivity index (χ4n) is 3.02. The number of fused-ring (bicyclic) bond motifs is 1. The molecule has 0 fully saturated rings. The average Bonchev–Trinajstić information content (AvgIpc) is 3.07. The molecule has 0 aliphatic rings. The molecule has 0 spiro atoms. The molecule has 0 unspecified atom stereocenters.